The lowest BCUT2D eigenvalue weighted by Gasteiger charge is -2.22. The average Bonchev–Trinajstić information content (AvgIpc) is 2.15. The molecule has 4 heteroatoms. The van der Waals surface area contributed by atoms with Crippen LogP contribution in [0, 0.1) is 0 Å². The number of hydrogen-bond donors (Lipinski definition) is 2. The highest BCUT2D eigenvalue weighted by Gasteiger charge is 2.15. The Morgan fingerprint density at radius 3 is 2.47 bits per heavy atom. The zero-order valence-corrected chi connectivity index (χ0v) is 9.19. The maximum absolute atomic E-state index is 8.62. The number of amidine groups is 1. The van der Waals surface area contributed by atoms with Crippen LogP contribution >= 0.6 is 0 Å². The second kappa shape index (κ2) is 4.21. The van der Waals surface area contributed by atoms with Gasteiger partial charge in [0.05, 0.1) is 5.56 Å². The molecule has 0 aliphatic carbocycles. The van der Waals surface area contributed by atoms with Gasteiger partial charge < -0.3 is 15.7 Å². The second-order valence-electron chi connectivity index (χ2n) is 4.20. The second-order valence-corrected chi connectivity index (χ2v) is 4.20. The maximum Gasteiger partial charge on any atom is 0.173 e. The third kappa shape index (κ3) is 3.16. The Bertz CT molecular complexity index is 367. The molecular formula is C11H16N2O2. The van der Waals surface area contributed by atoms with Crippen LogP contribution in [0.5, 0.6) is 5.75 Å². The van der Waals surface area contributed by atoms with Crippen LogP contribution in [0.4, 0.5) is 0 Å². The molecule has 0 heterocycles. The highest BCUT2D eigenvalue weighted by molar-refractivity contribution is 5.99. The Labute approximate surface area is 89.4 Å². The van der Waals surface area contributed by atoms with Gasteiger partial charge >= 0.3 is 0 Å². The molecule has 15 heavy (non-hydrogen) atoms. The molecule has 0 aromatic heterocycles. The van der Waals surface area contributed by atoms with Gasteiger partial charge in [0.1, 0.15) is 11.4 Å². The Balaban J connectivity index is 3.07. The molecule has 0 saturated carbocycles. The van der Waals surface area contributed by atoms with Gasteiger partial charge in [0.25, 0.3) is 0 Å². The van der Waals surface area contributed by atoms with Crippen LogP contribution in [-0.2, 0) is 0 Å². The lowest BCUT2D eigenvalue weighted by molar-refractivity contribution is 0.130. The van der Waals surface area contributed by atoms with E-state index in [1.165, 1.54) is 0 Å². The first kappa shape index (κ1) is 11.4. The van der Waals surface area contributed by atoms with E-state index in [2.05, 4.69) is 5.16 Å². The van der Waals surface area contributed by atoms with E-state index in [9.17, 15) is 0 Å². The highest BCUT2D eigenvalue weighted by Crippen LogP contribution is 2.22. The fourth-order valence-corrected chi connectivity index (χ4v) is 1.15. The first-order chi connectivity index (χ1) is 6.94. The molecule has 0 fully saturated rings. The summed E-state index contributed by atoms with van der Waals surface area (Å²) in [5, 5.41) is 11.6. The molecule has 0 bridgehead atoms. The standard InChI is InChI=1S/C11H16N2O2/c1-11(2,3)15-9-7-5-4-6-8(9)10(12)13-14/h4-7,14H,1-3H3,(H2,12,13). The third-order valence-electron chi connectivity index (χ3n) is 1.69. The van der Waals surface area contributed by atoms with Crippen LogP contribution in [0.1, 0.15) is 26.3 Å². The molecule has 4 nitrogen and oxygen atoms in total. The molecule has 0 saturated heterocycles. The summed E-state index contributed by atoms with van der Waals surface area (Å²) in [4.78, 5) is 0. The molecular weight excluding hydrogens is 192 g/mol. The van der Waals surface area contributed by atoms with Crippen molar-refractivity contribution in [2.75, 3.05) is 0 Å². The molecule has 1 rings (SSSR count). The van der Waals surface area contributed by atoms with Crippen LogP contribution in [0.25, 0.3) is 0 Å². The number of nitrogens with zero attached hydrogens (tertiary/aromatic N) is 1. The van der Waals surface area contributed by atoms with Crippen molar-refractivity contribution in [1.29, 1.82) is 0 Å². The number of hydrogen-bond acceptors (Lipinski definition) is 3. The molecule has 1 aromatic carbocycles. The molecule has 3 N–H and O–H groups in total. The molecule has 0 aliphatic heterocycles. The number of para-hydroxylation sites is 1. The molecule has 0 spiro atoms. The summed E-state index contributed by atoms with van der Waals surface area (Å²) in [6, 6.07) is 7.19. The van der Waals surface area contributed by atoms with Crippen LogP contribution in [0.3, 0.4) is 0 Å². The van der Waals surface area contributed by atoms with E-state index in [-0.39, 0.29) is 11.4 Å². The van der Waals surface area contributed by atoms with Crippen LogP contribution < -0.4 is 10.5 Å². The number of oxime groups is 1. The molecule has 0 radical (unpaired) electrons. The fourth-order valence-electron chi connectivity index (χ4n) is 1.15. The van der Waals surface area contributed by atoms with Crippen molar-refractivity contribution in [3.05, 3.63) is 29.8 Å². The van der Waals surface area contributed by atoms with Crippen molar-refractivity contribution in [1.82, 2.24) is 0 Å². The Morgan fingerprint density at radius 1 is 1.33 bits per heavy atom. The topological polar surface area (TPSA) is 67.8 Å². The van der Waals surface area contributed by atoms with Crippen molar-refractivity contribution in [3.8, 4) is 5.75 Å². The summed E-state index contributed by atoms with van der Waals surface area (Å²) >= 11 is 0. The molecule has 0 unspecified atom stereocenters. The van der Waals surface area contributed by atoms with Crippen molar-refractivity contribution in [2.24, 2.45) is 10.9 Å². The number of rotatable bonds is 2. The van der Waals surface area contributed by atoms with Crippen molar-refractivity contribution >= 4 is 5.84 Å². The van der Waals surface area contributed by atoms with Crippen LogP contribution in [-0.4, -0.2) is 16.6 Å². The van der Waals surface area contributed by atoms with Crippen LogP contribution in [0.2, 0.25) is 0 Å². The normalized spacial score (nSPS) is 12.6. The quantitative estimate of drug-likeness (QED) is 0.338. The van der Waals surface area contributed by atoms with E-state index in [1.807, 2.05) is 32.9 Å². The minimum Gasteiger partial charge on any atom is -0.487 e. The Kier molecular flexibility index (Phi) is 3.19. The smallest absolute Gasteiger partial charge is 0.173 e. The van der Waals surface area contributed by atoms with E-state index in [4.69, 9.17) is 15.7 Å². The molecule has 0 amide bonds. The molecule has 1 aromatic rings. The summed E-state index contributed by atoms with van der Waals surface area (Å²) in [6.07, 6.45) is 0. The average molecular weight is 208 g/mol. The number of nitrogens with two attached hydrogens (primary N) is 1. The first-order valence-corrected chi connectivity index (χ1v) is 4.70. The minimum atomic E-state index is -0.314. The zero-order valence-electron chi connectivity index (χ0n) is 9.19. The van der Waals surface area contributed by atoms with Gasteiger partial charge in [-0.15, -0.1) is 0 Å². The van der Waals surface area contributed by atoms with Gasteiger partial charge in [0, 0.05) is 0 Å². The summed E-state index contributed by atoms with van der Waals surface area (Å²) < 4.78 is 5.68. The van der Waals surface area contributed by atoms with Crippen LogP contribution in [0.15, 0.2) is 29.4 Å². The first-order valence-electron chi connectivity index (χ1n) is 4.70. The monoisotopic (exact) mass is 208 g/mol. The van der Waals surface area contributed by atoms with Crippen molar-refractivity contribution < 1.29 is 9.94 Å². The van der Waals surface area contributed by atoms with E-state index < -0.39 is 0 Å². The van der Waals surface area contributed by atoms with Gasteiger partial charge in [-0.05, 0) is 32.9 Å². The van der Waals surface area contributed by atoms with E-state index in [1.54, 1.807) is 12.1 Å². The van der Waals surface area contributed by atoms with Gasteiger partial charge in [0.2, 0.25) is 0 Å². The minimum absolute atomic E-state index is 0.0508. The molecule has 0 atom stereocenters. The SMILES string of the molecule is CC(C)(C)Oc1ccccc1/C(N)=N/O. The van der Waals surface area contributed by atoms with E-state index >= 15 is 0 Å². The predicted molar refractivity (Wildman–Crippen MR) is 59.3 cm³/mol. The molecule has 82 valence electrons. The van der Waals surface area contributed by atoms with Gasteiger partial charge in [-0.25, -0.2) is 0 Å². The van der Waals surface area contributed by atoms with Gasteiger partial charge in [-0.1, -0.05) is 17.3 Å². The molecule has 0 aliphatic rings. The summed E-state index contributed by atoms with van der Waals surface area (Å²) in [6.45, 7) is 5.82. The zero-order chi connectivity index (χ0) is 11.5. The van der Waals surface area contributed by atoms with E-state index in [0.717, 1.165) is 0 Å². The van der Waals surface area contributed by atoms with Gasteiger partial charge in [-0.3, -0.25) is 0 Å². The number of ether oxygens (including phenoxy) is 1. The lowest BCUT2D eigenvalue weighted by Crippen LogP contribution is -2.25. The number of benzene rings is 1. The lowest BCUT2D eigenvalue weighted by atomic mass is 10.1. The summed E-state index contributed by atoms with van der Waals surface area (Å²) in [5.41, 5.74) is 5.81. The fraction of sp³-hybridized carbons (Fsp3) is 0.364. The maximum atomic E-state index is 8.62. The van der Waals surface area contributed by atoms with Gasteiger partial charge in [0.15, 0.2) is 5.84 Å². The predicted octanol–water partition coefficient (Wildman–Crippen LogP) is 1.96. The largest absolute Gasteiger partial charge is 0.487 e. The Hall–Kier alpha value is -1.71. The highest BCUT2D eigenvalue weighted by atomic mass is 16.5. The van der Waals surface area contributed by atoms with Gasteiger partial charge in [-0.2, -0.15) is 0 Å². The summed E-state index contributed by atoms with van der Waals surface area (Å²) in [7, 11) is 0. The van der Waals surface area contributed by atoms with E-state index in [0.29, 0.717) is 11.3 Å². The van der Waals surface area contributed by atoms with Crippen molar-refractivity contribution in [3.63, 3.8) is 0 Å². The third-order valence-corrected chi connectivity index (χ3v) is 1.69. The Morgan fingerprint density at radius 2 is 1.93 bits per heavy atom. The van der Waals surface area contributed by atoms with Crippen molar-refractivity contribution in [2.45, 2.75) is 26.4 Å². The summed E-state index contributed by atoms with van der Waals surface area (Å²) in [5.74, 6) is 0.662.